The molecule has 3 aromatic rings. The summed E-state index contributed by atoms with van der Waals surface area (Å²) < 4.78 is 18.7. The van der Waals surface area contributed by atoms with Crippen LogP contribution in [0.2, 0.25) is 0 Å². The average molecular weight is 559 g/mol. The molecule has 8 nitrogen and oxygen atoms in total. The van der Waals surface area contributed by atoms with E-state index >= 15 is 0 Å². The van der Waals surface area contributed by atoms with E-state index in [1.165, 1.54) is 30.1 Å². The van der Waals surface area contributed by atoms with Crippen molar-refractivity contribution in [2.45, 2.75) is 19.9 Å². The van der Waals surface area contributed by atoms with E-state index in [1.54, 1.807) is 56.3 Å². The van der Waals surface area contributed by atoms with Crippen LogP contribution in [0.3, 0.4) is 0 Å². The molecule has 4 rings (SSSR count). The van der Waals surface area contributed by atoms with Crippen molar-refractivity contribution in [2.24, 2.45) is 4.99 Å². The number of hydrogen-bond donors (Lipinski definition) is 1. The van der Waals surface area contributed by atoms with Gasteiger partial charge in [0.1, 0.15) is 5.75 Å². The molecule has 10 heteroatoms. The van der Waals surface area contributed by atoms with Crippen molar-refractivity contribution in [3.63, 3.8) is 0 Å². The number of fused-ring (bicyclic) bond motifs is 1. The van der Waals surface area contributed by atoms with Gasteiger partial charge in [-0.25, -0.2) is 9.79 Å². The minimum atomic E-state index is -0.789. The quantitative estimate of drug-likeness (QED) is 0.466. The van der Waals surface area contributed by atoms with Gasteiger partial charge in [0.05, 0.1) is 42.7 Å². The Balaban J connectivity index is 1.99. The smallest absolute Gasteiger partial charge is 0.338 e. The first-order valence-corrected chi connectivity index (χ1v) is 12.3. The lowest BCUT2D eigenvalue weighted by atomic mass is 9.95. The molecule has 2 heterocycles. The lowest BCUT2D eigenvalue weighted by Crippen LogP contribution is -2.40. The van der Waals surface area contributed by atoms with Gasteiger partial charge in [0, 0.05) is 10.0 Å². The van der Waals surface area contributed by atoms with Crippen LogP contribution in [0.4, 0.5) is 0 Å². The second-order valence-corrected chi connectivity index (χ2v) is 9.54. The molecule has 1 aromatic heterocycles. The third-order valence-corrected chi connectivity index (χ3v) is 6.99. The maximum atomic E-state index is 13.7. The van der Waals surface area contributed by atoms with Crippen LogP contribution in [-0.2, 0) is 9.53 Å². The number of esters is 1. The Morgan fingerprint density at radius 2 is 1.94 bits per heavy atom. The SMILES string of the molecule is CCOC(=O)C1=C(C)N=c2sc(=Cc3cc(Br)ccc3O)c(=O)n2C1c1ccc(OC)c(OC)c1. The van der Waals surface area contributed by atoms with E-state index < -0.39 is 12.0 Å². The van der Waals surface area contributed by atoms with E-state index in [9.17, 15) is 14.7 Å². The van der Waals surface area contributed by atoms with Gasteiger partial charge in [0.25, 0.3) is 5.56 Å². The van der Waals surface area contributed by atoms with Crippen molar-refractivity contribution >= 4 is 39.3 Å². The molecular weight excluding hydrogens is 536 g/mol. The van der Waals surface area contributed by atoms with Crippen LogP contribution in [0.1, 0.15) is 31.0 Å². The fourth-order valence-corrected chi connectivity index (χ4v) is 5.33. The van der Waals surface area contributed by atoms with Crippen molar-refractivity contribution < 1.29 is 24.1 Å². The fraction of sp³-hybridized carbons (Fsp3) is 0.240. The number of ether oxygens (including phenoxy) is 3. The van der Waals surface area contributed by atoms with Crippen molar-refractivity contribution in [1.29, 1.82) is 0 Å². The molecule has 1 aliphatic rings. The maximum absolute atomic E-state index is 13.7. The minimum Gasteiger partial charge on any atom is -0.507 e. The van der Waals surface area contributed by atoms with Gasteiger partial charge < -0.3 is 19.3 Å². The third kappa shape index (κ3) is 4.63. The van der Waals surface area contributed by atoms with E-state index in [-0.39, 0.29) is 23.5 Å². The lowest BCUT2D eigenvalue weighted by Gasteiger charge is -2.25. The normalized spacial score (nSPS) is 15.5. The van der Waals surface area contributed by atoms with E-state index in [2.05, 4.69) is 20.9 Å². The molecule has 0 amide bonds. The molecule has 1 unspecified atom stereocenters. The molecule has 1 N–H and O–H groups in total. The van der Waals surface area contributed by atoms with Crippen molar-refractivity contribution in [3.8, 4) is 17.2 Å². The van der Waals surface area contributed by atoms with E-state index in [4.69, 9.17) is 14.2 Å². The molecule has 0 spiro atoms. The monoisotopic (exact) mass is 558 g/mol. The Labute approximate surface area is 213 Å². The van der Waals surface area contributed by atoms with E-state index in [0.717, 1.165) is 4.47 Å². The largest absolute Gasteiger partial charge is 0.507 e. The number of halogens is 1. The standard InChI is InChI=1S/C25H23BrN2O6S/c1-5-34-24(31)21-13(2)27-25-28(22(21)14-6-9-18(32-3)19(11-14)33-4)23(30)20(35-25)12-15-10-16(26)7-8-17(15)29/h6-12,22,29H,5H2,1-4H3. The van der Waals surface area contributed by atoms with Crippen LogP contribution >= 0.6 is 27.3 Å². The third-order valence-electron chi connectivity index (χ3n) is 5.52. The number of hydrogen-bond acceptors (Lipinski definition) is 8. The molecular formula is C25H23BrN2O6S. The van der Waals surface area contributed by atoms with Crippen LogP contribution in [0.15, 0.2) is 61.9 Å². The molecule has 0 aliphatic carbocycles. The summed E-state index contributed by atoms with van der Waals surface area (Å²) in [5.74, 6) is 0.475. The average Bonchev–Trinajstić information content (AvgIpc) is 3.14. The highest BCUT2D eigenvalue weighted by atomic mass is 79.9. The van der Waals surface area contributed by atoms with Crippen molar-refractivity contribution in [1.82, 2.24) is 4.57 Å². The summed E-state index contributed by atoms with van der Waals surface area (Å²) >= 11 is 4.57. The Hall–Kier alpha value is -3.37. The minimum absolute atomic E-state index is 0.0406. The number of aromatic nitrogens is 1. The summed E-state index contributed by atoms with van der Waals surface area (Å²) in [5, 5.41) is 10.3. The summed E-state index contributed by atoms with van der Waals surface area (Å²) in [5.41, 5.74) is 1.50. The second-order valence-electron chi connectivity index (χ2n) is 7.62. The number of nitrogens with zero attached hydrogens (tertiary/aromatic N) is 2. The number of rotatable bonds is 6. The van der Waals surface area contributed by atoms with Gasteiger partial charge >= 0.3 is 5.97 Å². The van der Waals surface area contributed by atoms with Crippen molar-refractivity contribution in [2.75, 3.05) is 20.8 Å². The summed E-state index contributed by atoms with van der Waals surface area (Å²) in [6.45, 7) is 3.62. The Morgan fingerprint density at radius 3 is 2.63 bits per heavy atom. The highest BCUT2D eigenvalue weighted by Crippen LogP contribution is 2.36. The van der Waals surface area contributed by atoms with Gasteiger partial charge in [-0.2, -0.15) is 0 Å². The fourth-order valence-electron chi connectivity index (χ4n) is 3.91. The molecule has 0 bridgehead atoms. The molecule has 1 aliphatic heterocycles. The number of benzene rings is 2. The molecule has 0 fully saturated rings. The van der Waals surface area contributed by atoms with E-state index in [1.807, 2.05) is 0 Å². The molecule has 35 heavy (non-hydrogen) atoms. The van der Waals surface area contributed by atoms with Crippen LogP contribution in [0.25, 0.3) is 6.08 Å². The summed E-state index contributed by atoms with van der Waals surface area (Å²) in [7, 11) is 3.05. The zero-order chi connectivity index (χ0) is 25.3. The predicted octanol–water partition coefficient (Wildman–Crippen LogP) is 3.28. The highest BCUT2D eigenvalue weighted by molar-refractivity contribution is 9.10. The number of methoxy groups -OCH3 is 2. The van der Waals surface area contributed by atoms with E-state index in [0.29, 0.717) is 37.7 Å². The van der Waals surface area contributed by atoms with Gasteiger partial charge in [0.15, 0.2) is 16.3 Å². The summed E-state index contributed by atoms with van der Waals surface area (Å²) in [6, 6.07) is 9.42. The van der Waals surface area contributed by atoms with Crippen LogP contribution in [0.5, 0.6) is 17.2 Å². The van der Waals surface area contributed by atoms with Gasteiger partial charge in [0.2, 0.25) is 0 Å². The summed E-state index contributed by atoms with van der Waals surface area (Å²) in [4.78, 5) is 31.7. The van der Waals surface area contributed by atoms with Crippen LogP contribution in [0, 0.1) is 0 Å². The Kier molecular flexibility index (Phi) is 7.13. The number of aromatic hydroxyl groups is 1. The number of carbonyl (C=O) groups excluding carboxylic acids is 1. The molecule has 2 aromatic carbocycles. The van der Waals surface area contributed by atoms with Crippen molar-refractivity contribution in [3.05, 3.63) is 83.0 Å². The highest BCUT2D eigenvalue weighted by Gasteiger charge is 2.34. The molecule has 182 valence electrons. The number of thiazole rings is 1. The van der Waals surface area contributed by atoms with Gasteiger partial charge in [-0.05, 0) is 55.8 Å². The molecule has 0 saturated carbocycles. The number of phenolic OH excluding ortho intramolecular Hbond substituents is 1. The Morgan fingerprint density at radius 1 is 1.20 bits per heavy atom. The predicted molar refractivity (Wildman–Crippen MR) is 136 cm³/mol. The Bertz CT molecular complexity index is 1520. The maximum Gasteiger partial charge on any atom is 0.338 e. The molecule has 0 radical (unpaired) electrons. The lowest BCUT2D eigenvalue weighted by molar-refractivity contribution is -0.139. The van der Waals surface area contributed by atoms with Gasteiger partial charge in [-0.3, -0.25) is 9.36 Å². The topological polar surface area (TPSA) is 99.4 Å². The van der Waals surface area contributed by atoms with Crippen LogP contribution in [-0.4, -0.2) is 36.5 Å². The van der Waals surface area contributed by atoms with Gasteiger partial charge in [-0.15, -0.1) is 0 Å². The number of carbonyl (C=O) groups is 1. The van der Waals surface area contributed by atoms with Crippen LogP contribution < -0.4 is 24.4 Å². The first kappa shape index (κ1) is 24.7. The summed E-state index contributed by atoms with van der Waals surface area (Å²) in [6.07, 6.45) is 1.61. The zero-order valence-corrected chi connectivity index (χ0v) is 21.9. The second kappa shape index (κ2) is 10.1. The molecule has 0 saturated heterocycles. The number of allylic oxidation sites excluding steroid dienone is 1. The number of phenols is 1. The van der Waals surface area contributed by atoms with Gasteiger partial charge in [-0.1, -0.05) is 33.3 Å². The zero-order valence-electron chi connectivity index (χ0n) is 19.5. The molecule has 1 atom stereocenters. The first-order chi connectivity index (χ1) is 16.8. The first-order valence-electron chi connectivity index (χ1n) is 10.7.